The van der Waals surface area contributed by atoms with Gasteiger partial charge in [-0.25, -0.2) is 0 Å². The third kappa shape index (κ3) is 4.01. The Labute approximate surface area is 172 Å². The lowest BCUT2D eigenvalue weighted by Gasteiger charge is -2.09. The molecule has 0 saturated carbocycles. The van der Waals surface area contributed by atoms with Crippen LogP contribution in [-0.4, -0.2) is 22.4 Å². The highest BCUT2D eigenvalue weighted by Gasteiger charge is 2.17. The summed E-state index contributed by atoms with van der Waals surface area (Å²) in [5.41, 5.74) is 1.90. The van der Waals surface area contributed by atoms with Gasteiger partial charge in [-0.05, 0) is 54.4 Å². The number of thiophene rings is 1. The van der Waals surface area contributed by atoms with Crippen molar-refractivity contribution in [1.29, 1.82) is 0 Å². The van der Waals surface area contributed by atoms with Gasteiger partial charge >= 0.3 is 0 Å². The predicted octanol–water partition coefficient (Wildman–Crippen LogP) is 5.32. The Balaban J connectivity index is 1.55. The van der Waals surface area contributed by atoms with Crippen LogP contribution in [0.1, 0.15) is 17.4 Å². The van der Waals surface area contributed by atoms with Crippen LogP contribution >= 0.6 is 11.3 Å². The zero-order valence-corrected chi connectivity index (χ0v) is 16.9. The standard InChI is InChI=1S/C22H20N2O4S/c1-3-14-12-17(13-25)29-20(14)21-23-22(28-24-21)15-8-10-16(11-9-15)27-19-7-5-4-6-18(19)26-2/h4-12,25H,3,13H2,1-2H3. The van der Waals surface area contributed by atoms with Crippen molar-refractivity contribution in [2.75, 3.05) is 7.11 Å². The van der Waals surface area contributed by atoms with Gasteiger partial charge in [-0.2, -0.15) is 4.98 Å². The van der Waals surface area contributed by atoms with Crippen LogP contribution in [0, 0.1) is 0 Å². The van der Waals surface area contributed by atoms with Crippen molar-refractivity contribution in [3.05, 3.63) is 65.0 Å². The normalized spacial score (nSPS) is 10.9. The number of methoxy groups -OCH3 is 1. The fraction of sp³-hybridized carbons (Fsp3) is 0.182. The van der Waals surface area contributed by atoms with E-state index in [0.717, 1.165) is 27.3 Å². The molecule has 0 unspecified atom stereocenters. The van der Waals surface area contributed by atoms with E-state index in [4.69, 9.17) is 14.0 Å². The summed E-state index contributed by atoms with van der Waals surface area (Å²) in [6.45, 7) is 2.07. The van der Waals surface area contributed by atoms with Gasteiger partial charge in [0.1, 0.15) is 5.75 Å². The first kappa shape index (κ1) is 19.2. The van der Waals surface area contributed by atoms with Crippen molar-refractivity contribution in [1.82, 2.24) is 10.1 Å². The molecule has 0 atom stereocenters. The lowest BCUT2D eigenvalue weighted by atomic mass is 10.2. The summed E-state index contributed by atoms with van der Waals surface area (Å²) in [6.07, 6.45) is 0.838. The van der Waals surface area contributed by atoms with Gasteiger partial charge in [-0.1, -0.05) is 24.2 Å². The maximum Gasteiger partial charge on any atom is 0.258 e. The van der Waals surface area contributed by atoms with E-state index in [9.17, 15) is 5.11 Å². The molecule has 2 heterocycles. The van der Waals surface area contributed by atoms with Crippen LogP contribution in [0.15, 0.2) is 59.1 Å². The van der Waals surface area contributed by atoms with E-state index in [2.05, 4.69) is 17.1 Å². The number of hydrogen-bond acceptors (Lipinski definition) is 7. The molecule has 0 aliphatic rings. The van der Waals surface area contributed by atoms with Crippen LogP contribution in [0.3, 0.4) is 0 Å². The molecule has 2 aromatic heterocycles. The molecule has 2 aromatic carbocycles. The monoisotopic (exact) mass is 408 g/mol. The van der Waals surface area contributed by atoms with Crippen molar-refractivity contribution < 1.29 is 19.1 Å². The first-order valence-corrected chi connectivity index (χ1v) is 10.0. The molecule has 7 heteroatoms. The quantitative estimate of drug-likeness (QED) is 0.446. The van der Waals surface area contributed by atoms with Crippen molar-refractivity contribution in [3.63, 3.8) is 0 Å². The molecule has 29 heavy (non-hydrogen) atoms. The van der Waals surface area contributed by atoms with Gasteiger partial charge in [0.2, 0.25) is 5.82 Å². The molecule has 4 rings (SSSR count). The molecule has 0 aliphatic carbocycles. The summed E-state index contributed by atoms with van der Waals surface area (Å²) in [4.78, 5) is 6.36. The maximum absolute atomic E-state index is 9.39. The molecule has 0 saturated heterocycles. The summed E-state index contributed by atoms with van der Waals surface area (Å²) in [5.74, 6) is 2.97. The highest BCUT2D eigenvalue weighted by atomic mass is 32.1. The second-order valence-electron chi connectivity index (χ2n) is 6.28. The SMILES string of the molecule is CCc1cc(CO)sc1-c1noc(-c2ccc(Oc3ccccc3OC)cc2)n1. The Morgan fingerprint density at radius 2 is 1.83 bits per heavy atom. The molecule has 1 N–H and O–H groups in total. The molecule has 0 fully saturated rings. The second kappa shape index (κ2) is 8.46. The Kier molecular flexibility index (Phi) is 5.59. The van der Waals surface area contributed by atoms with Crippen molar-refractivity contribution in [3.8, 4) is 39.4 Å². The lowest BCUT2D eigenvalue weighted by molar-refractivity contribution is 0.285. The molecule has 4 aromatic rings. The summed E-state index contributed by atoms with van der Waals surface area (Å²) in [7, 11) is 1.61. The van der Waals surface area contributed by atoms with Gasteiger partial charge in [-0.15, -0.1) is 11.3 Å². The lowest BCUT2D eigenvalue weighted by Crippen LogP contribution is -1.89. The van der Waals surface area contributed by atoms with Crippen molar-refractivity contribution in [2.24, 2.45) is 0 Å². The minimum atomic E-state index is 0.00996. The fourth-order valence-electron chi connectivity index (χ4n) is 2.94. The first-order valence-electron chi connectivity index (χ1n) is 9.19. The molecular formula is C22H20N2O4S. The van der Waals surface area contributed by atoms with Gasteiger partial charge < -0.3 is 19.1 Å². The predicted molar refractivity (Wildman–Crippen MR) is 111 cm³/mol. The van der Waals surface area contributed by atoms with Crippen LogP contribution in [0.25, 0.3) is 22.2 Å². The van der Waals surface area contributed by atoms with E-state index in [-0.39, 0.29) is 6.61 Å². The fourth-order valence-corrected chi connectivity index (χ4v) is 3.98. The molecule has 6 nitrogen and oxygen atoms in total. The van der Waals surface area contributed by atoms with E-state index >= 15 is 0 Å². The molecule has 0 aliphatic heterocycles. The van der Waals surface area contributed by atoms with Gasteiger partial charge in [0.25, 0.3) is 5.89 Å². The van der Waals surface area contributed by atoms with Crippen LogP contribution in [0.4, 0.5) is 0 Å². The zero-order valence-electron chi connectivity index (χ0n) is 16.1. The number of aliphatic hydroxyl groups excluding tert-OH is 1. The Bertz CT molecular complexity index is 1100. The molecule has 0 radical (unpaired) electrons. The zero-order chi connectivity index (χ0) is 20.2. The summed E-state index contributed by atoms with van der Waals surface area (Å²) >= 11 is 1.49. The highest BCUT2D eigenvalue weighted by Crippen LogP contribution is 2.34. The van der Waals surface area contributed by atoms with E-state index in [1.54, 1.807) is 7.11 Å². The minimum absolute atomic E-state index is 0.00996. The van der Waals surface area contributed by atoms with Crippen LogP contribution < -0.4 is 9.47 Å². The number of hydrogen-bond donors (Lipinski definition) is 1. The number of para-hydroxylation sites is 2. The number of rotatable bonds is 7. The Morgan fingerprint density at radius 3 is 2.52 bits per heavy atom. The smallest absolute Gasteiger partial charge is 0.258 e. The number of aryl methyl sites for hydroxylation is 1. The van der Waals surface area contributed by atoms with Crippen LogP contribution in [-0.2, 0) is 13.0 Å². The summed E-state index contributed by atoms with van der Waals surface area (Å²) in [5, 5.41) is 13.5. The number of benzene rings is 2. The van der Waals surface area contributed by atoms with Gasteiger partial charge in [0.15, 0.2) is 11.5 Å². The van der Waals surface area contributed by atoms with Gasteiger partial charge in [0.05, 0.1) is 18.6 Å². The summed E-state index contributed by atoms with van der Waals surface area (Å²) in [6, 6.07) is 16.9. The molecule has 148 valence electrons. The van der Waals surface area contributed by atoms with E-state index in [1.807, 2.05) is 54.6 Å². The van der Waals surface area contributed by atoms with Crippen LogP contribution in [0.5, 0.6) is 17.2 Å². The Hall–Kier alpha value is -3.16. The number of nitrogens with zero attached hydrogens (tertiary/aromatic N) is 2. The van der Waals surface area contributed by atoms with E-state index in [0.29, 0.717) is 29.0 Å². The van der Waals surface area contributed by atoms with Crippen LogP contribution in [0.2, 0.25) is 0 Å². The molecule has 0 spiro atoms. The number of aromatic nitrogens is 2. The van der Waals surface area contributed by atoms with Gasteiger partial charge in [-0.3, -0.25) is 0 Å². The summed E-state index contributed by atoms with van der Waals surface area (Å²) < 4.78 is 16.7. The molecular weight excluding hydrogens is 388 g/mol. The largest absolute Gasteiger partial charge is 0.493 e. The van der Waals surface area contributed by atoms with Crippen molar-refractivity contribution >= 4 is 11.3 Å². The third-order valence-corrected chi connectivity index (χ3v) is 5.58. The third-order valence-electron chi connectivity index (χ3n) is 4.42. The van der Waals surface area contributed by atoms with E-state index in [1.165, 1.54) is 11.3 Å². The molecule has 0 amide bonds. The van der Waals surface area contributed by atoms with Crippen molar-refractivity contribution in [2.45, 2.75) is 20.0 Å². The average molecular weight is 408 g/mol. The van der Waals surface area contributed by atoms with E-state index < -0.39 is 0 Å². The topological polar surface area (TPSA) is 77.6 Å². The van der Waals surface area contributed by atoms with Gasteiger partial charge in [0, 0.05) is 10.4 Å². The number of ether oxygens (including phenoxy) is 2. The second-order valence-corrected chi connectivity index (χ2v) is 7.42. The number of aliphatic hydroxyl groups is 1. The maximum atomic E-state index is 9.39. The Morgan fingerprint density at radius 1 is 1.07 bits per heavy atom. The average Bonchev–Trinajstić information content (AvgIpc) is 3.41. The minimum Gasteiger partial charge on any atom is -0.493 e. The molecule has 0 bridgehead atoms. The highest BCUT2D eigenvalue weighted by molar-refractivity contribution is 7.15. The first-order chi connectivity index (χ1) is 14.2.